The Labute approximate surface area is 101 Å². The molecule has 16 heavy (non-hydrogen) atoms. The predicted octanol–water partition coefficient (Wildman–Crippen LogP) is 2.25. The first-order valence-electron chi connectivity index (χ1n) is 5.36. The van der Waals surface area contributed by atoms with Crippen LogP contribution in [0.25, 0.3) is 0 Å². The first kappa shape index (κ1) is 13.0. The molecule has 4 heteroatoms. The molecule has 0 saturated heterocycles. The van der Waals surface area contributed by atoms with Gasteiger partial charge in [0.1, 0.15) is 0 Å². The van der Waals surface area contributed by atoms with Gasteiger partial charge in [-0.05, 0) is 31.0 Å². The second kappa shape index (κ2) is 5.87. The van der Waals surface area contributed by atoms with Crippen molar-refractivity contribution < 1.29 is 4.79 Å². The van der Waals surface area contributed by atoms with Crippen molar-refractivity contribution in [1.82, 2.24) is 5.32 Å². The molecule has 0 heterocycles. The second-order valence-corrected chi connectivity index (χ2v) is 4.23. The Hall–Kier alpha value is -1.06. The molecule has 0 saturated carbocycles. The first-order chi connectivity index (χ1) is 7.54. The van der Waals surface area contributed by atoms with Crippen molar-refractivity contribution in [3.8, 4) is 0 Å². The summed E-state index contributed by atoms with van der Waals surface area (Å²) < 4.78 is 0. The lowest BCUT2D eigenvalue weighted by molar-refractivity contribution is -0.123. The zero-order chi connectivity index (χ0) is 12.1. The van der Waals surface area contributed by atoms with Crippen LogP contribution in [0, 0.1) is 0 Å². The van der Waals surface area contributed by atoms with Gasteiger partial charge in [-0.3, -0.25) is 4.79 Å². The molecule has 0 aromatic heterocycles. The summed E-state index contributed by atoms with van der Waals surface area (Å²) in [5, 5.41) is 3.55. The minimum absolute atomic E-state index is 0.0534. The van der Waals surface area contributed by atoms with E-state index in [4.69, 9.17) is 17.3 Å². The molecule has 2 atom stereocenters. The molecule has 1 rings (SSSR count). The topological polar surface area (TPSA) is 55.1 Å². The van der Waals surface area contributed by atoms with Crippen LogP contribution in [0.5, 0.6) is 0 Å². The monoisotopic (exact) mass is 240 g/mol. The maximum Gasteiger partial charge on any atom is 0.237 e. The Morgan fingerprint density at radius 2 is 2.00 bits per heavy atom. The summed E-state index contributed by atoms with van der Waals surface area (Å²) in [5.41, 5.74) is 6.65. The molecular formula is C12H17ClN2O. The van der Waals surface area contributed by atoms with E-state index >= 15 is 0 Å². The van der Waals surface area contributed by atoms with E-state index in [-0.39, 0.29) is 11.9 Å². The number of carbonyl (C=O) groups is 1. The van der Waals surface area contributed by atoms with Gasteiger partial charge in [0.25, 0.3) is 0 Å². The number of nitrogens with two attached hydrogens (primary N) is 1. The Bertz CT molecular complexity index is 351. The third-order valence-corrected chi connectivity index (χ3v) is 2.76. The van der Waals surface area contributed by atoms with E-state index in [0.717, 1.165) is 5.56 Å². The minimum atomic E-state index is -0.435. The van der Waals surface area contributed by atoms with E-state index in [1.54, 1.807) is 12.1 Å². The van der Waals surface area contributed by atoms with Gasteiger partial charge in [0.05, 0.1) is 12.1 Å². The normalized spacial score (nSPS) is 14.2. The summed E-state index contributed by atoms with van der Waals surface area (Å²) in [4.78, 5) is 11.6. The summed E-state index contributed by atoms with van der Waals surface area (Å²) in [6.07, 6.45) is 0.638. The van der Waals surface area contributed by atoms with E-state index in [1.165, 1.54) is 0 Å². The maximum atomic E-state index is 11.6. The summed E-state index contributed by atoms with van der Waals surface area (Å²) in [6.45, 7) is 3.81. The standard InChI is InChI=1S/C12H17ClN2O/c1-3-11(14)12(16)15-8(2)9-4-6-10(13)7-5-9/h4-8,11H,3,14H2,1-2H3,(H,15,16)/t8?,11-/m0/s1. The molecule has 0 spiro atoms. The molecule has 0 fully saturated rings. The molecule has 0 radical (unpaired) electrons. The van der Waals surface area contributed by atoms with Gasteiger partial charge in [-0.25, -0.2) is 0 Å². The highest BCUT2D eigenvalue weighted by Crippen LogP contribution is 2.15. The van der Waals surface area contributed by atoms with Gasteiger partial charge in [-0.1, -0.05) is 30.7 Å². The number of hydrogen-bond donors (Lipinski definition) is 2. The molecule has 0 bridgehead atoms. The highest BCUT2D eigenvalue weighted by atomic mass is 35.5. The van der Waals surface area contributed by atoms with Crippen LogP contribution in [0.15, 0.2) is 24.3 Å². The minimum Gasteiger partial charge on any atom is -0.348 e. The van der Waals surface area contributed by atoms with Crippen LogP contribution >= 0.6 is 11.6 Å². The van der Waals surface area contributed by atoms with E-state index in [1.807, 2.05) is 26.0 Å². The van der Waals surface area contributed by atoms with Crippen LogP contribution in [-0.4, -0.2) is 11.9 Å². The highest BCUT2D eigenvalue weighted by molar-refractivity contribution is 6.30. The van der Waals surface area contributed by atoms with E-state index in [2.05, 4.69) is 5.32 Å². The SMILES string of the molecule is CC[C@H](N)C(=O)NC(C)c1ccc(Cl)cc1. The Morgan fingerprint density at radius 3 is 2.50 bits per heavy atom. The molecular weight excluding hydrogens is 224 g/mol. The van der Waals surface area contributed by atoms with Crippen molar-refractivity contribution in [3.63, 3.8) is 0 Å². The van der Waals surface area contributed by atoms with Gasteiger partial charge in [-0.15, -0.1) is 0 Å². The van der Waals surface area contributed by atoms with Gasteiger partial charge in [0.15, 0.2) is 0 Å². The smallest absolute Gasteiger partial charge is 0.237 e. The van der Waals surface area contributed by atoms with Crippen molar-refractivity contribution in [2.75, 3.05) is 0 Å². The Morgan fingerprint density at radius 1 is 1.44 bits per heavy atom. The van der Waals surface area contributed by atoms with Crippen LogP contribution in [0.1, 0.15) is 31.9 Å². The number of carbonyl (C=O) groups excluding carboxylic acids is 1. The third kappa shape index (κ3) is 3.51. The van der Waals surface area contributed by atoms with E-state index in [0.29, 0.717) is 11.4 Å². The molecule has 3 N–H and O–H groups in total. The van der Waals surface area contributed by atoms with Crippen molar-refractivity contribution in [2.45, 2.75) is 32.4 Å². The van der Waals surface area contributed by atoms with Gasteiger partial charge < -0.3 is 11.1 Å². The Balaban J connectivity index is 2.62. The van der Waals surface area contributed by atoms with Crippen molar-refractivity contribution in [3.05, 3.63) is 34.9 Å². The largest absolute Gasteiger partial charge is 0.348 e. The third-order valence-electron chi connectivity index (χ3n) is 2.51. The first-order valence-corrected chi connectivity index (χ1v) is 5.73. The molecule has 1 aromatic carbocycles. The van der Waals surface area contributed by atoms with Crippen molar-refractivity contribution >= 4 is 17.5 Å². The number of benzene rings is 1. The molecule has 1 amide bonds. The van der Waals surface area contributed by atoms with Crippen LogP contribution in [0.2, 0.25) is 5.02 Å². The zero-order valence-electron chi connectivity index (χ0n) is 9.53. The predicted molar refractivity (Wildman–Crippen MR) is 66.3 cm³/mol. The van der Waals surface area contributed by atoms with Gasteiger partial charge in [0.2, 0.25) is 5.91 Å². The summed E-state index contributed by atoms with van der Waals surface area (Å²) in [6, 6.07) is 6.91. The average molecular weight is 241 g/mol. The van der Waals surface area contributed by atoms with Crippen LogP contribution in [-0.2, 0) is 4.79 Å². The van der Waals surface area contributed by atoms with Crippen molar-refractivity contribution in [1.29, 1.82) is 0 Å². The van der Waals surface area contributed by atoms with Crippen LogP contribution in [0.3, 0.4) is 0 Å². The van der Waals surface area contributed by atoms with E-state index in [9.17, 15) is 4.79 Å². The lowest BCUT2D eigenvalue weighted by Crippen LogP contribution is -2.41. The summed E-state index contributed by atoms with van der Waals surface area (Å²) >= 11 is 5.79. The fourth-order valence-electron chi connectivity index (χ4n) is 1.34. The van der Waals surface area contributed by atoms with Gasteiger partial charge in [-0.2, -0.15) is 0 Å². The average Bonchev–Trinajstić information content (AvgIpc) is 2.28. The highest BCUT2D eigenvalue weighted by Gasteiger charge is 2.14. The maximum absolute atomic E-state index is 11.6. The Kier molecular flexibility index (Phi) is 4.77. The number of nitrogens with one attached hydrogen (secondary N) is 1. The zero-order valence-corrected chi connectivity index (χ0v) is 10.3. The molecule has 1 unspecified atom stereocenters. The lowest BCUT2D eigenvalue weighted by Gasteiger charge is -2.17. The van der Waals surface area contributed by atoms with E-state index < -0.39 is 6.04 Å². The molecule has 88 valence electrons. The summed E-state index contributed by atoms with van der Waals surface area (Å²) in [7, 11) is 0. The summed E-state index contributed by atoms with van der Waals surface area (Å²) in [5.74, 6) is -0.120. The number of hydrogen-bond acceptors (Lipinski definition) is 2. The molecule has 0 aliphatic rings. The van der Waals surface area contributed by atoms with Crippen molar-refractivity contribution in [2.24, 2.45) is 5.73 Å². The van der Waals surface area contributed by atoms with Crippen LogP contribution < -0.4 is 11.1 Å². The molecule has 1 aromatic rings. The fraction of sp³-hybridized carbons (Fsp3) is 0.417. The van der Waals surface area contributed by atoms with Gasteiger partial charge in [0, 0.05) is 5.02 Å². The molecule has 0 aliphatic heterocycles. The lowest BCUT2D eigenvalue weighted by atomic mass is 10.1. The number of rotatable bonds is 4. The number of halogens is 1. The number of amides is 1. The second-order valence-electron chi connectivity index (χ2n) is 3.80. The quantitative estimate of drug-likeness (QED) is 0.848. The fourth-order valence-corrected chi connectivity index (χ4v) is 1.47. The van der Waals surface area contributed by atoms with Gasteiger partial charge >= 0.3 is 0 Å². The van der Waals surface area contributed by atoms with Crippen LogP contribution in [0.4, 0.5) is 0 Å². The molecule has 3 nitrogen and oxygen atoms in total. The molecule has 0 aliphatic carbocycles.